The molecule has 0 heterocycles. The second kappa shape index (κ2) is 10.3. The number of ether oxygens (including phenoxy) is 2. The Kier molecular flexibility index (Phi) is 8.67. The van der Waals surface area contributed by atoms with Crippen molar-refractivity contribution in [2.75, 3.05) is 19.6 Å². The van der Waals surface area contributed by atoms with Crippen molar-refractivity contribution in [3.8, 4) is 11.5 Å². The minimum atomic E-state index is -0.0498. The molecule has 0 aliphatic rings. The number of alkyl halides is 1. The molecule has 0 aliphatic carbocycles. The van der Waals surface area contributed by atoms with Gasteiger partial charge in [0.15, 0.2) is 11.5 Å². The third kappa shape index (κ3) is 6.71. The zero-order valence-electron chi connectivity index (χ0n) is 12.8. The summed E-state index contributed by atoms with van der Waals surface area (Å²) >= 11 is 5.53. The summed E-state index contributed by atoms with van der Waals surface area (Å²) in [5, 5.41) is 2.82. The van der Waals surface area contributed by atoms with E-state index in [1.54, 1.807) is 7.11 Å². The maximum absolute atomic E-state index is 11.4. The van der Waals surface area contributed by atoms with Crippen LogP contribution in [-0.2, 0) is 11.3 Å². The van der Waals surface area contributed by atoms with Gasteiger partial charge in [-0.2, -0.15) is 0 Å². The fourth-order valence-electron chi connectivity index (χ4n) is 1.85. The first-order chi connectivity index (χ1) is 10.2. The molecule has 0 fully saturated rings. The Morgan fingerprint density at radius 1 is 1.29 bits per heavy atom. The second-order valence-corrected chi connectivity index (χ2v) is 5.13. The summed E-state index contributed by atoms with van der Waals surface area (Å²) in [6.07, 6.45) is 3.66. The van der Waals surface area contributed by atoms with Crippen molar-refractivity contribution in [3.05, 3.63) is 23.8 Å². The lowest BCUT2D eigenvalue weighted by atomic mass is 10.2. The molecule has 0 bridgehead atoms. The quantitative estimate of drug-likeness (QED) is 0.531. The molecule has 1 aromatic carbocycles. The van der Waals surface area contributed by atoms with Crippen LogP contribution < -0.4 is 14.8 Å². The van der Waals surface area contributed by atoms with Crippen molar-refractivity contribution in [2.24, 2.45) is 0 Å². The molecule has 0 unspecified atom stereocenters. The molecular formula is C16H24ClNO3. The molecule has 1 N–H and O–H groups in total. The number of hydrogen-bond acceptors (Lipinski definition) is 3. The SMILES string of the molecule is CCCCCOc1cc(CNC(=O)CCCl)ccc1OC. The molecule has 21 heavy (non-hydrogen) atoms. The third-order valence-corrected chi connectivity index (χ3v) is 3.23. The average Bonchev–Trinajstić information content (AvgIpc) is 2.50. The predicted octanol–water partition coefficient (Wildman–Crippen LogP) is 3.51. The van der Waals surface area contributed by atoms with Crippen LogP contribution in [0.3, 0.4) is 0 Å². The van der Waals surface area contributed by atoms with Crippen LogP contribution in [0.5, 0.6) is 11.5 Å². The molecular weight excluding hydrogens is 290 g/mol. The summed E-state index contributed by atoms with van der Waals surface area (Å²) in [4.78, 5) is 11.4. The summed E-state index contributed by atoms with van der Waals surface area (Å²) in [6, 6.07) is 5.68. The molecule has 1 amide bonds. The van der Waals surface area contributed by atoms with Gasteiger partial charge in [0.1, 0.15) is 0 Å². The number of rotatable bonds is 10. The first-order valence-electron chi connectivity index (χ1n) is 7.33. The summed E-state index contributed by atoms with van der Waals surface area (Å²) in [6.45, 7) is 3.29. The largest absolute Gasteiger partial charge is 0.493 e. The van der Waals surface area contributed by atoms with Crippen molar-refractivity contribution in [3.63, 3.8) is 0 Å². The van der Waals surface area contributed by atoms with Gasteiger partial charge < -0.3 is 14.8 Å². The van der Waals surface area contributed by atoms with Crippen molar-refractivity contribution in [1.29, 1.82) is 0 Å². The van der Waals surface area contributed by atoms with Crippen LogP contribution in [0.25, 0.3) is 0 Å². The molecule has 4 nitrogen and oxygen atoms in total. The number of carbonyl (C=O) groups is 1. The molecule has 0 spiro atoms. The standard InChI is InChI=1S/C16H24ClNO3/c1-3-4-5-10-21-15-11-13(6-7-14(15)20-2)12-18-16(19)8-9-17/h6-7,11H,3-5,8-10,12H2,1-2H3,(H,18,19). The summed E-state index contributed by atoms with van der Waals surface area (Å²) in [5.74, 6) is 1.71. The van der Waals surface area contributed by atoms with Crippen LogP contribution in [0.2, 0.25) is 0 Å². The van der Waals surface area contributed by atoms with E-state index in [0.29, 0.717) is 31.2 Å². The highest BCUT2D eigenvalue weighted by Gasteiger charge is 2.07. The number of methoxy groups -OCH3 is 1. The van der Waals surface area contributed by atoms with E-state index in [9.17, 15) is 4.79 Å². The highest BCUT2D eigenvalue weighted by molar-refractivity contribution is 6.18. The van der Waals surface area contributed by atoms with Gasteiger partial charge in [-0.05, 0) is 24.1 Å². The van der Waals surface area contributed by atoms with Gasteiger partial charge in [0.2, 0.25) is 5.91 Å². The van der Waals surface area contributed by atoms with Crippen molar-refractivity contribution in [2.45, 2.75) is 39.2 Å². The highest BCUT2D eigenvalue weighted by Crippen LogP contribution is 2.28. The van der Waals surface area contributed by atoms with E-state index >= 15 is 0 Å². The lowest BCUT2D eigenvalue weighted by molar-refractivity contribution is -0.120. The molecule has 5 heteroatoms. The van der Waals surface area contributed by atoms with Crippen LogP contribution in [0.1, 0.15) is 38.2 Å². The number of amides is 1. The minimum absolute atomic E-state index is 0.0498. The Morgan fingerprint density at radius 3 is 2.76 bits per heavy atom. The normalized spacial score (nSPS) is 10.2. The molecule has 1 rings (SSSR count). The molecule has 0 saturated carbocycles. The smallest absolute Gasteiger partial charge is 0.221 e. The summed E-state index contributed by atoms with van der Waals surface area (Å²) in [5.41, 5.74) is 0.976. The van der Waals surface area contributed by atoms with Gasteiger partial charge in [-0.25, -0.2) is 0 Å². The Bertz CT molecular complexity index is 438. The minimum Gasteiger partial charge on any atom is -0.493 e. The van der Waals surface area contributed by atoms with Gasteiger partial charge in [-0.1, -0.05) is 25.8 Å². The Labute approximate surface area is 131 Å². The molecule has 0 atom stereocenters. The van der Waals surface area contributed by atoms with Gasteiger partial charge in [0.05, 0.1) is 13.7 Å². The molecule has 1 aromatic rings. The average molecular weight is 314 g/mol. The summed E-state index contributed by atoms with van der Waals surface area (Å²) < 4.78 is 11.1. The molecule has 0 aliphatic heterocycles. The van der Waals surface area contributed by atoms with Crippen LogP contribution in [0.4, 0.5) is 0 Å². The van der Waals surface area contributed by atoms with Gasteiger partial charge in [0, 0.05) is 18.8 Å². The van der Waals surface area contributed by atoms with Gasteiger partial charge >= 0.3 is 0 Å². The number of benzene rings is 1. The Morgan fingerprint density at radius 2 is 2.10 bits per heavy atom. The van der Waals surface area contributed by atoms with E-state index in [0.717, 1.165) is 30.6 Å². The zero-order chi connectivity index (χ0) is 15.5. The van der Waals surface area contributed by atoms with Crippen LogP contribution in [0.15, 0.2) is 18.2 Å². The van der Waals surface area contributed by atoms with E-state index in [1.165, 1.54) is 0 Å². The topological polar surface area (TPSA) is 47.6 Å². The zero-order valence-corrected chi connectivity index (χ0v) is 13.5. The Balaban J connectivity index is 2.59. The van der Waals surface area contributed by atoms with Crippen LogP contribution >= 0.6 is 11.6 Å². The molecule has 118 valence electrons. The van der Waals surface area contributed by atoms with Crippen molar-refractivity contribution in [1.82, 2.24) is 5.32 Å². The van der Waals surface area contributed by atoms with E-state index in [1.807, 2.05) is 18.2 Å². The number of unbranched alkanes of at least 4 members (excludes halogenated alkanes) is 2. The van der Waals surface area contributed by atoms with Crippen molar-refractivity contribution >= 4 is 17.5 Å². The van der Waals surface area contributed by atoms with Gasteiger partial charge in [0.25, 0.3) is 0 Å². The first kappa shape index (κ1) is 17.6. The van der Waals surface area contributed by atoms with Gasteiger partial charge in [-0.3, -0.25) is 4.79 Å². The molecule has 0 saturated heterocycles. The van der Waals surface area contributed by atoms with E-state index < -0.39 is 0 Å². The highest BCUT2D eigenvalue weighted by atomic mass is 35.5. The maximum atomic E-state index is 11.4. The monoisotopic (exact) mass is 313 g/mol. The van der Waals surface area contributed by atoms with Crippen molar-refractivity contribution < 1.29 is 14.3 Å². The number of hydrogen-bond donors (Lipinski definition) is 1. The van der Waals surface area contributed by atoms with Crippen LogP contribution in [-0.4, -0.2) is 25.5 Å². The predicted molar refractivity (Wildman–Crippen MR) is 85.2 cm³/mol. The number of carbonyl (C=O) groups excluding carboxylic acids is 1. The first-order valence-corrected chi connectivity index (χ1v) is 7.87. The van der Waals surface area contributed by atoms with E-state index in [-0.39, 0.29) is 5.91 Å². The number of nitrogens with one attached hydrogen (secondary N) is 1. The van der Waals surface area contributed by atoms with Crippen LogP contribution in [0, 0.1) is 0 Å². The second-order valence-electron chi connectivity index (χ2n) is 4.76. The van der Waals surface area contributed by atoms with Gasteiger partial charge in [-0.15, -0.1) is 11.6 Å². The van der Waals surface area contributed by atoms with E-state index in [4.69, 9.17) is 21.1 Å². The lowest BCUT2D eigenvalue weighted by Gasteiger charge is -2.12. The third-order valence-electron chi connectivity index (χ3n) is 3.04. The fourth-order valence-corrected chi connectivity index (χ4v) is 2.02. The fraction of sp³-hybridized carbons (Fsp3) is 0.562. The maximum Gasteiger partial charge on any atom is 0.221 e. The molecule has 0 aromatic heterocycles. The summed E-state index contributed by atoms with van der Waals surface area (Å²) in [7, 11) is 1.62. The lowest BCUT2D eigenvalue weighted by Crippen LogP contribution is -2.22. The Hall–Kier alpha value is -1.42. The van der Waals surface area contributed by atoms with E-state index in [2.05, 4.69) is 12.2 Å². The number of halogens is 1. The molecule has 0 radical (unpaired) electrons.